The second kappa shape index (κ2) is 15.8. The second-order valence-corrected chi connectivity index (χ2v) is 11.3. The quantitative estimate of drug-likeness (QED) is 0.197. The lowest BCUT2D eigenvalue weighted by Crippen LogP contribution is -2.20. The van der Waals surface area contributed by atoms with E-state index in [0.29, 0.717) is 0 Å². The number of rotatable bonds is 7. The van der Waals surface area contributed by atoms with Crippen molar-refractivity contribution in [3.05, 3.63) is 29.8 Å². The van der Waals surface area contributed by atoms with Gasteiger partial charge in [0.2, 0.25) is 5.04 Å². The number of aryl methyl sites for hydroxylation is 1. The third-order valence-corrected chi connectivity index (χ3v) is 7.83. The molecule has 1 aromatic carbocycles. The first-order valence-corrected chi connectivity index (χ1v) is 14.7. The van der Waals surface area contributed by atoms with E-state index in [4.69, 9.17) is 9.02 Å². The standard InChI is InChI=1S/C25H37NO7S2/c1-20-14-16-22(17-15-20)35(29,30)33-26-24(25(28)31-2)34-19-18-23(27)32-21-12-10-8-6-4-3-5-7-9-11-13-21/h14-17,21H,3-13,18-19H2,1-2H3/b26-24-. The van der Waals surface area contributed by atoms with Gasteiger partial charge in [-0.2, -0.15) is 8.42 Å². The number of esters is 2. The zero-order valence-electron chi connectivity index (χ0n) is 20.7. The zero-order valence-corrected chi connectivity index (χ0v) is 22.3. The van der Waals surface area contributed by atoms with Gasteiger partial charge in [-0.05, 0) is 44.7 Å². The van der Waals surface area contributed by atoms with Crippen molar-refractivity contribution >= 4 is 38.9 Å². The molecule has 0 spiro atoms. The average molecular weight is 528 g/mol. The number of carbonyl (C=O) groups excluding carboxylic acids is 2. The van der Waals surface area contributed by atoms with Crippen LogP contribution in [-0.2, 0) is 33.5 Å². The van der Waals surface area contributed by atoms with Crippen LogP contribution >= 0.6 is 11.8 Å². The van der Waals surface area contributed by atoms with Gasteiger partial charge >= 0.3 is 22.1 Å². The van der Waals surface area contributed by atoms with E-state index in [2.05, 4.69) is 9.89 Å². The summed E-state index contributed by atoms with van der Waals surface area (Å²) in [5.74, 6) is -1.01. The summed E-state index contributed by atoms with van der Waals surface area (Å²) in [4.78, 5) is 24.4. The third-order valence-electron chi connectivity index (χ3n) is 5.78. The normalized spacial score (nSPS) is 17.0. The Bertz CT molecular complexity index is 918. The van der Waals surface area contributed by atoms with Crippen molar-refractivity contribution in [3.63, 3.8) is 0 Å². The topological polar surface area (TPSA) is 108 Å². The van der Waals surface area contributed by atoms with Crippen LogP contribution in [0.1, 0.15) is 82.6 Å². The maximum atomic E-state index is 12.4. The van der Waals surface area contributed by atoms with Gasteiger partial charge in [0.25, 0.3) is 0 Å². The second-order valence-electron chi connectivity index (χ2n) is 8.70. The highest BCUT2D eigenvalue weighted by Crippen LogP contribution is 2.20. The number of hydrogen-bond acceptors (Lipinski definition) is 9. The Balaban J connectivity index is 1.87. The van der Waals surface area contributed by atoms with Crippen molar-refractivity contribution in [3.8, 4) is 0 Å². The minimum absolute atomic E-state index is 0.0574. The lowest BCUT2D eigenvalue weighted by atomic mass is 9.99. The molecule has 1 fully saturated rings. The van der Waals surface area contributed by atoms with Crippen LogP contribution in [0.2, 0.25) is 0 Å². The van der Waals surface area contributed by atoms with E-state index in [-0.39, 0.29) is 34.2 Å². The van der Waals surface area contributed by atoms with Crippen LogP contribution in [0.15, 0.2) is 34.3 Å². The maximum Gasteiger partial charge on any atom is 0.366 e. The fourth-order valence-electron chi connectivity index (χ4n) is 3.76. The van der Waals surface area contributed by atoms with Gasteiger partial charge in [-0.25, -0.2) is 4.79 Å². The van der Waals surface area contributed by atoms with Crippen molar-refractivity contribution in [1.82, 2.24) is 0 Å². The maximum absolute atomic E-state index is 12.4. The fraction of sp³-hybridized carbons (Fsp3) is 0.640. The Morgan fingerprint density at radius 2 is 1.49 bits per heavy atom. The van der Waals surface area contributed by atoms with Gasteiger partial charge in [0.15, 0.2) is 0 Å². The molecule has 10 heteroatoms. The van der Waals surface area contributed by atoms with Gasteiger partial charge in [0, 0.05) is 5.75 Å². The lowest BCUT2D eigenvalue weighted by molar-refractivity contribution is -0.149. The summed E-state index contributed by atoms with van der Waals surface area (Å²) in [6.07, 6.45) is 12.5. The molecular weight excluding hydrogens is 490 g/mol. The number of hydrogen-bond donors (Lipinski definition) is 0. The largest absolute Gasteiger partial charge is 0.464 e. The van der Waals surface area contributed by atoms with Crippen LogP contribution in [0, 0.1) is 6.92 Å². The minimum Gasteiger partial charge on any atom is -0.464 e. The van der Waals surface area contributed by atoms with Crippen molar-refractivity contribution in [2.45, 2.75) is 95.0 Å². The van der Waals surface area contributed by atoms with Crippen molar-refractivity contribution < 1.29 is 31.8 Å². The van der Waals surface area contributed by atoms with Crippen LogP contribution in [0.4, 0.5) is 0 Å². The van der Waals surface area contributed by atoms with Crippen molar-refractivity contribution in [2.75, 3.05) is 12.9 Å². The first kappa shape index (κ1) is 29.2. The number of nitrogens with zero attached hydrogens (tertiary/aromatic N) is 1. The molecule has 0 saturated heterocycles. The first-order chi connectivity index (χ1) is 16.8. The minimum atomic E-state index is -4.19. The number of ether oxygens (including phenoxy) is 2. The predicted molar refractivity (Wildman–Crippen MR) is 137 cm³/mol. The van der Waals surface area contributed by atoms with Gasteiger partial charge in [-0.1, -0.05) is 79.6 Å². The molecule has 8 nitrogen and oxygen atoms in total. The average Bonchev–Trinajstić information content (AvgIpc) is 2.82. The van der Waals surface area contributed by atoms with Crippen LogP contribution in [0.3, 0.4) is 0 Å². The molecule has 0 amide bonds. The van der Waals surface area contributed by atoms with Crippen molar-refractivity contribution in [1.29, 1.82) is 0 Å². The Morgan fingerprint density at radius 3 is 2.03 bits per heavy atom. The van der Waals surface area contributed by atoms with E-state index < -0.39 is 16.1 Å². The molecule has 0 unspecified atom stereocenters. The summed E-state index contributed by atoms with van der Waals surface area (Å²) in [6.45, 7) is 1.83. The number of benzene rings is 1. The molecule has 0 radical (unpaired) electrons. The summed E-state index contributed by atoms with van der Waals surface area (Å²) in [7, 11) is -3.03. The number of thioether (sulfide) groups is 1. The molecule has 35 heavy (non-hydrogen) atoms. The Labute approximate surface area is 213 Å². The molecule has 1 aliphatic rings. The summed E-state index contributed by atoms with van der Waals surface area (Å²) in [5.41, 5.74) is 0.890. The van der Waals surface area contributed by atoms with E-state index in [0.717, 1.165) is 63.0 Å². The highest BCUT2D eigenvalue weighted by molar-refractivity contribution is 8.15. The molecule has 1 aromatic rings. The van der Waals surface area contributed by atoms with E-state index in [1.54, 1.807) is 12.1 Å². The molecule has 0 bridgehead atoms. The first-order valence-electron chi connectivity index (χ1n) is 12.3. The van der Waals surface area contributed by atoms with E-state index in [1.165, 1.54) is 44.2 Å². The van der Waals surface area contributed by atoms with Gasteiger partial charge in [-0.3, -0.25) is 9.08 Å². The summed E-state index contributed by atoms with van der Waals surface area (Å²) in [5, 5.41) is 3.21. The third kappa shape index (κ3) is 11.5. The zero-order chi connectivity index (χ0) is 25.5. The van der Waals surface area contributed by atoms with Gasteiger partial charge < -0.3 is 9.47 Å². The molecular formula is C25H37NO7S2. The molecule has 0 N–H and O–H groups in total. The molecule has 0 heterocycles. The van der Waals surface area contributed by atoms with Gasteiger partial charge in [0.1, 0.15) is 11.0 Å². The molecule has 1 saturated carbocycles. The number of methoxy groups -OCH3 is 1. The number of carbonyl (C=O) groups is 2. The monoisotopic (exact) mass is 527 g/mol. The highest BCUT2D eigenvalue weighted by Gasteiger charge is 2.21. The lowest BCUT2D eigenvalue weighted by Gasteiger charge is -2.18. The molecule has 196 valence electrons. The van der Waals surface area contributed by atoms with Gasteiger partial charge in [0.05, 0.1) is 13.5 Å². The molecule has 0 atom stereocenters. The van der Waals surface area contributed by atoms with Crippen LogP contribution in [-0.4, -0.2) is 44.4 Å². The Hall–Kier alpha value is -2.07. The summed E-state index contributed by atoms with van der Waals surface area (Å²) < 4.78 is 39.8. The smallest absolute Gasteiger partial charge is 0.366 e. The highest BCUT2D eigenvalue weighted by atomic mass is 32.2. The predicted octanol–water partition coefficient (Wildman–Crippen LogP) is 5.53. The number of oxime groups is 1. The Kier molecular flexibility index (Phi) is 13.2. The summed E-state index contributed by atoms with van der Waals surface area (Å²) in [6, 6.07) is 6.04. The molecule has 2 rings (SSSR count). The van der Waals surface area contributed by atoms with E-state index in [9.17, 15) is 18.0 Å². The molecule has 0 aliphatic heterocycles. The van der Waals surface area contributed by atoms with E-state index in [1.807, 2.05) is 6.92 Å². The van der Waals surface area contributed by atoms with Gasteiger partial charge in [-0.15, -0.1) is 0 Å². The molecule has 1 aliphatic carbocycles. The van der Waals surface area contributed by atoms with Crippen LogP contribution in [0.5, 0.6) is 0 Å². The van der Waals surface area contributed by atoms with Crippen LogP contribution < -0.4 is 0 Å². The fourth-order valence-corrected chi connectivity index (χ4v) is 5.29. The van der Waals surface area contributed by atoms with Crippen LogP contribution in [0.25, 0.3) is 0 Å². The summed E-state index contributed by atoms with van der Waals surface area (Å²) >= 11 is 0.887. The Morgan fingerprint density at radius 1 is 0.943 bits per heavy atom. The SMILES string of the molecule is COC(=O)/C(=N/OS(=O)(=O)c1ccc(C)cc1)SCCC(=O)OC1CCCCCCCCCCC1. The van der Waals surface area contributed by atoms with E-state index >= 15 is 0 Å². The van der Waals surface area contributed by atoms with Crippen molar-refractivity contribution in [2.24, 2.45) is 5.16 Å². The molecule has 0 aromatic heterocycles.